The van der Waals surface area contributed by atoms with Crippen molar-refractivity contribution in [2.75, 3.05) is 45.9 Å². The molecule has 0 bridgehead atoms. The molecule has 6 nitrogen and oxygen atoms in total. The molecule has 22 heavy (non-hydrogen) atoms. The van der Waals surface area contributed by atoms with Gasteiger partial charge >= 0.3 is 6.09 Å². The molecule has 0 aromatic rings. The number of likely N-dealkylation sites (tertiary alicyclic amines) is 3. The summed E-state index contributed by atoms with van der Waals surface area (Å²) in [5, 5.41) is 10.4. The number of piperidine rings is 1. The molecule has 0 unspecified atom stereocenters. The monoisotopic (exact) mass is 311 g/mol. The number of carbonyl (C=O) groups is 1. The second kappa shape index (κ2) is 7.15. The molecule has 3 saturated heterocycles. The highest BCUT2D eigenvalue weighted by molar-refractivity contribution is 5.67. The van der Waals surface area contributed by atoms with Gasteiger partial charge in [-0.05, 0) is 45.7 Å². The van der Waals surface area contributed by atoms with Crippen LogP contribution in [-0.4, -0.2) is 90.0 Å². The van der Waals surface area contributed by atoms with Gasteiger partial charge in [0.1, 0.15) is 0 Å². The second-order valence-corrected chi connectivity index (χ2v) is 6.75. The summed E-state index contributed by atoms with van der Waals surface area (Å²) in [5.41, 5.74) is 0. The predicted octanol–water partition coefficient (Wildman–Crippen LogP) is 0.748. The van der Waals surface area contributed by atoms with Crippen LogP contribution >= 0.6 is 0 Å². The summed E-state index contributed by atoms with van der Waals surface area (Å²) in [4.78, 5) is 18.5. The third-order valence-electron chi connectivity index (χ3n) is 5.40. The fraction of sp³-hybridized carbons (Fsp3) is 0.938. The zero-order valence-electron chi connectivity index (χ0n) is 13.6. The molecule has 0 spiro atoms. The number of hydrogen-bond donors (Lipinski definition) is 1. The van der Waals surface area contributed by atoms with E-state index in [1.54, 1.807) is 0 Å². The number of aliphatic hydroxyl groups excluding tert-OH is 1. The van der Waals surface area contributed by atoms with Crippen molar-refractivity contribution in [3.8, 4) is 0 Å². The molecule has 3 aliphatic rings. The van der Waals surface area contributed by atoms with E-state index in [-0.39, 0.29) is 12.2 Å². The molecule has 126 valence electrons. The van der Waals surface area contributed by atoms with E-state index in [1.807, 2.05) is 11.8 Å². The van der Waals surface area contributed by atoms with Crippen molar-refractivity contribution in [1.29, 1.82) is 0 Å². The molecule has 1 N–H and O–H groups in total. The number of rotatable bonds is 3. The summed E-state index contributed by atoms with van der Waals surface area (Å²) >= 11 is 0. The van der Waals surface area contributed by atoms with E-state index in [9.17, 15) is 9.90 Å². The van der Waals surface area contributed by atoms with Gasteiger partial charge in [-0.1, -0.05) is 0 Å². The standard InChI is InChI=1S/C16H29N3O3/c1-2-22-16(21)18-9-5-13(6-10-18)19-11-14(15(20)12-19)17-7-3-4-8-17/h13-15,20H,2-12H2,1H3/t14-,15-/m0/s1. The number of hydrogen-bond acceptors (Lipinski definition) is 5. The minimum Gasteiger partial charge on any atom is -0.450 e. The van der Waals surface area contributed by atoms with Gasteiger partial charge in [-0.25, -0.2) is 4.79 Å². The fourth-order valence-electron chi connectivity index (χ4n) is 4.16. The molecule has 0 aliphatic carbocycles. The molecule has 2 atom stereocenters. The van der Waals surface area contributed by atoms with E-state index < -0.39 is 0 Å². The third-order valence-corrected chi connectivity index (χ3v) is 5.40. The zero-order chi connectivity index (χ0) is 15.5. The van der Waals surface area contributed by atoms with Gasteiger partial charge in [-0.2, -0.15) is 0 Å². The number of carbonyl (C=O) groups excluding carboxylic acids is 1. The van der Waals surface area contributed by atoms with E-state index in [4.69, 9.17) is 4.74 Å². The highest BCUT2D eigenvalue weighted by atomic mass is 16.6. The van der Waals surface area contributed by atoms with Crippen LogP contribution in [0.4, 0.5) is 4.79 Å². The SMILES string of the molecule is CCOC(=O)N1CCC(N2C[C@H](O)[C@@H](N3CCCC3)C2)CC1. The van der Waals surface area contributed by atoms with Crippen molar-refractivity contribution in [3.63, 3.8) is 0 Å². The Kier molecular flexibility index (Phi) is 5.21. The lowest BCUT2D eigenvalue weighted by molar-refractivity contribution is 0.0760. The Labute approximate surface area is 133 Å². The smallest absolute Gasteiger partial charge is 0.409 e. The number of aliphatic hydroxyl groups is 1. The van der Waals surface area contributed by atoms with Crippen LogP contribution in [0.25, 0.3) is 0 Å². The maximum atomic E-state index is 11.7. The minimum atomic E-state index is -0.221. The number of amides is 1. The van der Waals surface area contributed by atoms with E-state index >= 15 is 0 Å². The van der Waals surface area contributed by atoms with Crippen LogP contribution in [0.3, 0.4) is 0 Å². The van der Waals surface area contributed by atoms with E-state index in [0.717, 1.165) is 52.1 Å². The highest BCUT2D eigenvalue weighted by Crippen LogP contribution is 2.26. The van der Waals surface area contributed by atoms with Crippen molar-refractivity contribution in [2.45, 2.75) is 50.8 Å². The molecule has 0 radical (unpaired) electrons. The summed E-state index contributed by atoms with van der Waals surface area (Å²) < 4.78 is 5.07. The average molecular weight is 311 g/mol. The second-order valence-electron chi connectivity index (χ2n) is 6.75. The molecule has 3 aliphatic heterocycles. The average Bonchev–Trinajstić information content (AvgIpc) is 3.17. The molecular formula is C16H29N3O3. The van der Waals surface area contributed by atoms with Crippen LogP contribution in [0.2, 0.25) is 0 Å². The van der Waals surface area contributed by atoms with Crippen LogP contribution < -0.4 is 0 Å². The molecule has 0 aromatic carbocycles. The lowest BCUT2D eigenvalue weighted by Crippen LogP contribution is -2.47. The van der Waals surface area contributed by atoms with Crippen LogP contribution in [-0.2, 0) is 4.74 Å². The fourth-order valence-corrected chi connectivity index (χ4v) is 4.16. The Morgan fingerprint density at radius 2 is 1.77 bits per heavy atom. The maximum absolute atomic E-state index is 11.7. The van der Waals surface area contributed by atoms with Gasteiger partial charge < -0.3 is 14.7 Å². The molecular weight excluding hydrogens is 282 g/mol. The van der Waals surface area contributed by atoms with Crippen LogP contribution in [0.5, 0.6) is 0 Å². The number of nitrogens with zero attached hydrogens (tertiary/aromatic N) is 3. The Bertz CT molecular complexity index is 379. The van der Waals surface area contributed by atoms with Gasteiger partial charge in [0.05, 0.1) is 12.7 Å². The van der Waals surface area contributed by atoms with Crippen LogP contribution in [0, 0.1) is 0 Å². The largest absolute Gasteiger partial charge is 0.450 e. The summed E-state index contributed by atoms with van der Waals surface area (Å²) in [5.74, 6) is 0. The van der Waals surface area contributed by atoms with Crippen molar-refractivity contribution in [2.24, 2.45) is 0 Å². The quantitative estimate of drug-likeness (QED) is 0.833. The Hall–Kier alpha value is -0.850. The van der Waals surface area contributed by atoms with Gasteiger partial charge in [0, 0.05) is 38.3 Å². The predicted molar refractivity (Wildman–Crippen MR) is 83.8 cm³/mol. The van der Waals surface area contributed by atoms with Gasteiger partial charge in [0.25, 0.3) is 0 Å². The topological polar surface area (TPSA) is 56.3 Å². The summed E-state index contributed by atoms with van der Waals surface area (Å²) in [6.45, 7) is 7.85. The highest BCUT2D eigenvalue weighted by Gasteiger charge is 2.40. The molecule has 0 aromatic heterocycles. The van der Waals surface area contributed by atoms with Gasteiger partial charge in [-0.3, -0.25) is 9.80 Å². The van der Waals surface area contributed by atoms with E-state index in [1.165, 1.54) is 12.8 Å². The maximum Gasteiger partial charge on any atom is 0.409 e. The van der Waals surface area contributed by atoms with Crippen molar-refractivity contribution in [3.05, 3.63) is 0 Å². The summed E-state index contributed by atoms with van der Waals surface area (Å²) in [6.07, 6.45) is 4.09. The number of β-amino-alcohol motifs (C(OH)–C–C–N with tert-alkyl or cyclic N) is 1. The van der Waals surface area contributed by atoms with Gasteiger partial charge in [-0.15, -0.1) is 0 Å². The Morgan fingerprint density at radius 1 is 1.09 bits per heavy atom. The molecule has 0 saturated carbocycles. The van der Waals surface area contributed by atoms with Crippen LogP contribution in [0.1, 0.15) is 32.6 Å². The van der Waals surface area contributed by atoms with Gasteiger partial charge in [0.15, 0.2) is 0 Å². The Balaban J connectivity index is 1.48. The first-order chi connectivity index (χ1) is 10.7. The Morgan fingerprint density at radius 3 is 2.41 bits per heavy atom. The van der Waals surface area contributed by atoms with Crippen molar-refractivity contribution in [1.82, 2.24) is 14.7 Å². The van der Waals surface area contributed by atoms with Crippen molar-refractivity contribution < 1.29 is 14.6 Å². The summed E-state index contributed by atoms with van der Waals surface area (Å²) in [6, 6.07) is 0.804. The third kappa shape index (κ3) is 3.39. The first kappa shape index (κ1) is 16.0. The number of ether oxygens (including phenoxy) is 1. The van der Waals surface area contributed by atoms with E-state index in [2.05, 4.69) is 9.80 Å². The molecule has 3 fully saturated rings. The van der Waals surface area contributed by atoms with Crippen molar-refractivity contribution >= 4 is 6.09 Å². The van der Waals surface area contributed by atoms with E-state index in [0.29, 0.717) is 18.7 Å². The lowest BCUT2D eigenvalue weighted by Gasteiger charge is -2.36. The van der Waals surface area contributed by atoms with Gasteiger partial charge in [0.2, 0.25) is 0 Å². The lowest BCUT2D eigenvalue weighted by atomic mass is 10.0. The first-order valence-electron chi connectivity index (χ1n) is 8.77. The normalized spacial score (nSPS) is 31.8. The first-order valence-corrected chi connectivity index (χ1v) is 8.77. The summed E-state index contributed by atoms with van der Waals surface area (Å²) in [7, 11) is 0. The minimum absolute atomic E-state index is 0.183. The zero-order valence-corrected chi connectivity index (χ0v) is 13.6. The molecule has 3 heterocycles. The van der Waals surface area contributed by atoms with Crippen LogP contribution in [0.15, 0.2) is 0 Å². The molecule has 1 amide bonds. The molecule has 6 heteroatoms. The molecule has 3 rings (SSSR count).